The predicted molar refractivity (Wildman–Crippen MR) is 109 cm³/mol. The van der Waals surface area contributed by atoms with Crippen LogP contribution in [0.3, 0.4) is 0 Å². The van der Waals surface area contributed by atoms with Crippen LogP contribution in [0.15, 0.2) is 41.1 Å². The lowest BCUT2D eigenvalue weighted by Crippen LogP contribution is -2.38. The minimum atomic E-state index is -0.282. The van der Waals surface area contributed by atoms with Gasteiger partial charge in [-0.1, -0.05) is 0 Å². The van der Waals surface area contributed by atoms with E-state index in [-0.39, 0.29) is 5.82 Å². The van der Waals surface area contributed by atoms with E-state index in [1.165, 1.54) is 30.5 Å². The number of nitrogens with one attached hydrogen (secondary N) is 2. The van der Waals surface area contributed by atoms with E-state index in [0.29, 0.717) is 23.2 Å². The molecule has 0 aliphatic heterocycles. The molecule has 6 heteroatoms. The molecule has 2 atom stereocenters. The summed E-state index contributed by atoms with van der Waals surface area (Å²) >= 11 is 1.74. The zero-order valence-electron chi connectivity index (χ0n) is 15.4. The highest BCUT2D eigenvalue weighted by molar-refractivity contribution is 7.07. The maximum absolute atomic E-state index is 13.5. The first-order chi connectivity index (χ1) is 13.2. The molecule has 3 aromatic rings. The van der Waals surface area contributed by atoms with E-state index in [1.54, 1.807) is 24.5 Å². The number of pyridine rings is 1. The molecule has 2 aromatic heterocycles. The van der Waals surface area contributed by atoms with Crippen molar-refractivity contribution in [3.8, 4) is 5.75 Å². The smallest absolute Gasteiger partial charge is 0.132 e. The van der Waals surface area contributed by atoms with E-state index in [1.807, 2.05) is 6.07 Å². The van der Waals surface area contributed by atoms with Crippen molar-refractivity contribution in [2.75, 3.05) is 12.4 Å². The first-order valence-electron chi connectivity index (χ1n) is 9.36. The van der Waals surface area contributed by atoms with Gasteiger partial charge in [-0.25, -0.2) is 9.37 Å². The molecule has 27 heavy (non-hydrogen) atoms. The highest BCUT2D eigenvalue weighted by Gasteiger charge is 2.22. The summed E-state index contributed by atoms with van der Waals surface area (Å²) in [5, 5.41) is 12.2. The number of halogens is 1. The molecule has 4 rings (SSSR count). The fourth-order valence-corrected chi connectivity index (χ4v) is 4.45. The lowest BCUT2D eigenvalue weighted by atomic mass is 9.91. The van der Waals surface area contributed by atoms with Gasteiger partial charge in [0.25, 0.3) is 0 Å². The number of nitrogens with zero attached hydrogens (tertiary/aromatic N) is 1. The Morgan fingerprint density at radius 3 is 2.93 bits per heavy atom. The van der Waals surface area contributed by atoms with Crippen LogP contribution >= 0.6 is 11.3 Å². The number of hydrogen-bond donors (Lipinski definition) is 2. The summed E-state index contributed by atoms with van der Waals surface area (Å²) in [5.41, 5.74) is 2.09. The highest BCUT2D eigenvalue weighted by Crippen LogP contribution is 2.30. The van der Waals surface area contributed by atoms with E-state index in [4.69, 9.17) is 4.74 Å². The number of hydrogen-bond acceptors (Lipinski definition) is 5. The summed E-state index contributed by atoms with van der Waals surface area (Å²) in [4.78, 5) is 4.65. The second-order valence-corrected chi connectivity index (χ2v) is 7.87. The molecule has 0 bridgehead atoms. The Kier molecular flexibility index (Phi) is 5.55. The summed E-state index contributed by atoms with van der Waals surface area (Å²) in [6.45, 7) is 0.925. The van der Waals surface area contributed by atoms with Crippen molar-refractivity contribution >= 4 is 28.1 Å². The van der Waals surface area contributed by atoms with Crippen molar-refractivity contribution in [2.24, 2.45) is 0 Å². The number of rotatable bonds is 6. The van der Waals surface area contributed by atoms with Gasteiger partial charge in [-0.05, 0) is 66.3 Å². The standard InChI is InChI=1S/C21H24FN3OS/c1-26-20-11-21(25-19-6-5-15(22)9-18(19)20)24-17-4-2-3-16(10-17)23-12-14-7-8-27-13-14/h5-9,11,13,16-17,23H,2-4,10,12H2,1H3,(H,24,25). The van der Waals surface area contributed by atoms with Crippen molar-refractivity contribution in [3.63, 3.8) is 0 Å². The minimum Gasteiger partial charge on any atom is -0.496 e. The molecule has 4 nitrogen and oxygen atoms in total. The van der Waals surface area contributed by atoms with Crippen LogP contribution in [0.2, 0.25) is 0 Å². The van der Waals surface area contributed by atoms with Crippen molar-refractivity contribution in [3.05, 3.63) is 52.5 Å². The fourth-order valence-electron chi connectivity index (χ4n) is 3.78. The maximum atomic E-state index is 13.5. The number of methoxy groups -OCH3 is 1. The largest absolute Gasteiger partial charge is 0.496 e. The topological polar surface area (TPSA) is 46.2 Å². The number of fused-ring (bicyclic) bond motifs is 1. The quantitative estimate of drug-likeness (QED) is 0.630. The molecule has 0 radical (unpaired) electrons. The average molecular weight is 386 g/mol. The molecular weight excluding hydrogens is 361 g/mol. The van der Waals surface area contributed by atoms with E-state index in [0.717, 1.165) is 30.7 Å². The molecule has 0 amide bonds. The molecule has 0 saturated heterocycles. The number of benzene rings is 1. The van der Waals surface area contributed by atoms with Gasteiger partial charge in [-0.3, -0.25) is 0 Å². The lowest BCUT2D eigenvalue weighted by Gasteiger charge is -2.31. The molecule has 1 aliphatic rings. The Hall–Kier alpha value is -2.18. The van der Waals surface area contributed by atoms with E-state index < -0.39 is 0 Å². The molecule has 2 unspecified atom stereocenters. The second kappa shape index (κ2) is 8.23. The van der Waals surface area contributed by atoms with Crippen LogP contribution in [0.25, 0.3) is 10.9 Å². The molecule has 1 aromatic carbocycles. The monoisotopic (exact) mass is 385 g/mol. The van der Waals surface area contributed by atoms with Crippen LogP contribution in [-0.4, -0.2) is 24.2 Å². The van der Waals surface area contributed by atoms with Gasteiger partial charge in [0.15, 0.2) is 0 Å². The van der Waals surface area contributed by atoms with Crippen LogP contribution in [0.4, 0.5) is 10.2 Å². The minimum absolute atomic E-state index is 0.282. The average Bonchev–Trinajstić information content (AvgIpc) is 3.20. The molecule has 2 N–H and O–H groups in total. The van der Waals surface area contributed by atoms with Gasteiger partial charge < -0.3 is 15.4 Å². The highest BCUT2D eigenvalue weighted by atomic mass is 32.1. The SMILES string of the molecule is COc1cc(NC2CCCC(NCc3ccsc3)C2)nc2ccc(F)cc12. The van der Waals surface area contributed by atoms with Gasteiger partial charge >= 0.3 is 0 Å². The number of ether oxygens (including phenoxy) is 1. The number of thiophene rings is 1. The third-order valence-electron chi connectivity index (χ3n) is 5.15. The first-order valence-corrected chi connectivity index (χ1v) is 10.3. The summed E-state index contributed by atoms with van der Waals surface area (Å²) < 4.78 is 19.0. The molecule has 1 saturated carbocycles. The molecule has 2 heterocycles. The summed E-state index contributed by atoms with van der Waals surface area (Å²) in [5.74, 6) is 1.15. The van der Waals surface area contributed by atoms with E-state index in [2.05, 4.69) is 32.4 Å². The summed E-state index contributed by atoms with van der Waals surface area (Å²) in [6, 6.07) is 9.51. The van der Waals surface area contributed by atoms with Crippen LogP contribution in [0.5, 0.6) is 5.75 Å². The van der Waals surface area contributed by atoms with Crippen molar-refractivity contribution < 1.29 is 9.13 Å². The normalized spacial score (nSPS) is 19.9. The van der Waals surface area contributed by atoms with Crippen molar-refractivity contribution in [2.45, 2.75) is 44.3 Å². The Morgan fingerprint density at radius 1 is 1.22 bits per heavy atom. The Bertz CT molecular complexity index is 900. The van der Waals surface area contributed by atoms with Gasteiger partial charge in [-0.15, -0.1) is 0 Å². The Morgan fingerprint density at radius 2 is 2.11 bits per heavy atom. The maximum Gasteiger partial charge on any atom is 0.132 e. The number of aromatic nitrogens is 1. The third kappa shape index (κ3) is 4.39. The summed E-state index contributed by atoms with van der Waals surface area (Å²) in [7, 11) is 1.61. The third-order valence-corrected chi connectivity index (χ3v) is 5.89. The fraction of sp³-hybridized carbons (Fsp3) is 0.381. The zero-order chi connectivity index (χ0) is 18.6. The van der Waals surface area contributed by atoms with Crippen molar-refractivity contribution in [1.29, 1.82) is 0 Å². The van der Waals surface area contributed by atoms with E-state index in [9.17, 15) is 4.39 Å². The second-order valence-electron chi connectivity index (χ2n) is 7.09. The molecule has 142 valence electrons. The van der Waals surface area contributed by atoms with E-state index >= 15 is 0 Å². The molecule has 0 spiro atoms. The van der Waals surface area contributed by atoms with Crippen LogP contribution in [0.1, 0.15) is 31.2 Å². The first kappa shape index (κ1) is 18.2. The zero-order valence-corrected chi connectivity index (χ0v) is 16.2. The van der Waals surface area contributed by atoms with Gasteiger partial charge in [0, 0.05) is 30.1 Å². The van der Waals surface area contributed by atoms with Crippen LogP contribution < -0.4 is 15.4 Å². The molecule has 1 aliphatic carbocycles. The van der Waals surface area contributed by atoms with Gasteiger partial charge in [0.2, 0.25) is 0 Å². The van der Waals surface area contributed by atoms with Crippen molar-refractivity contribution in [1.82, 2.24) is 10.3 Å². The van der Waals surface area contributed by atoms with Gasteiger partial charge in [-0.2, -0.15) is 11.3 Å². The molecule has 1 fully saturated rings. The summed E-state index contributed by atoms with van der Waals surface area (Å²) in [6.07, 6.45) is 4.59. The number of anilines is 1. The van der Waals surface area contributed by atoms with Gasteiger partial charge in [0.05, 0.1) is 12.6 Å². The lowest BCUT2D eigenvalue weighted by molar-refractivity contribution is 0.350. The Balaban J connectivity index is 1.44. The van der Waals surface area contributed by atoms with Gasteiger partial charge in [0.1, 0.15) is 17.4 Å². The predicted octanol–water partition coefficient (Wildman–Crippen LogP) is 4.96. The van der Waals surface area contributed by atoms with Crippen LogP contribution in [-0.2, 0) is 6.54 Å². The Labute approximate surface area is 162 Å². The van der Waals surface area contributed by atoms with Crippen LogP contribution in [0, 0.1) is 5.82 Å². The molecular formula is C21H24FN3OS.